The second-order valence-electron chi connectivity index (χ2n) is 2.37. The number of hydrogen-bond donors (Lipinski definition) is 1. The van der Waals surface area contributed by atoms with Gasteiger partial charge in [0.05, 0.1) is 6.26 Å². The predicted molar refractivity (Wildman–Crippen MR) is 40.3 cm³/mol. The quantitative estimate of drug-likeness (QED) is 0.572. The van der Waals surface area contributed by atoms with Crippen molar-refractivity contribution < 1.29 is 14.6 Å². The molecule has 1 aliphatic rings. The third-order valence-corrected chi connectivity index (χ3v) is 1.65. The largest absolute Gasteiger partial charge is 0.515 e. The van der Waals surface area contributed by atoms with Crippen LogP contribution in [0.1, 0.15) is 6.42 Å². The van der Waals surface area contributed by atoms with Crippen molar-refractivity contribution in [2.75, 3.05) is 7.11 Å². The molecule has 1 rings (SSSR count). The van der Waals surface area contributed by atoms with Crippen LogP contribution >= 0.6 is 0 Å². The minimum Gasteiger partial charge on any atom is -0.515 e. The van der Waals surface area contributed by atoms with Gasteiger partial charge >= 0.3 is 0 Å². The second-order valence-corrected chi connectivity index (χ2v) is 2.37. The van der Waals surface area contributed by atoms with Gasteiger partial charge in [0.1, 0.15) is 6.10 Å². The first-order chi connectivity index (χ1) is 5.27. The second kappa shape index (κ2) is 3.34. The summed E-state index contributed by atoms with van der Waals surface area (Å²) in [6, 6.07) is 0. The number of allylic oxidation sites excluding steroid dienone is 1. The van der Waals surface area contributed by atoms with E-state index in [2.05, 4.69) is 0 Å². The highest BCUT2D eigenvalue weighted by atomic mass is 16.5. The van der Waals surface area contributed by atoms with Crippen LogP contribution in [0.5, 0.6) is 0 Å². The Labute approximate surface area is 65.0 Å². The molecular weight excluding hydrogens is 144 g/mol. The molecule has 1 atom stereocenters. The number of ether oxygens (including phenoxy) is 1. The fourth-order valence-electron chi connectivity index (χ4n) is 0.974. The maximum absolute atomic E-state index is 11.0. The van der Waals surface area contributed by atoms with Crippen LogP contribution in [0.2, 0.25) is 0 Å². The van der Waals surface area contributed by atoms with Gasteiger partial charge in [0.15, 0.2) is 5.78 Å². The van der Waals surface area contributed by atoms with Gasteiger partial charge in [-0.25, -0.2) is 0 Å². The van der Waals surface area contributed by atoms with Crippen LogP contribution in [0.15, 0.2) is 24.0 Å². The van der Waals surface area contributed by atoms with E-state index in [9.17, 15) is 4.79 Å². The molecule has 1 aliphatic carbocycles. The zero-order valence-electron chi connectivity index (χ0n) is 6.28. The molecule has 1 N–H and O–H groups in total. The van der Waals surface area contributed by atoms with Gasteiger partial charge in [0.25, 0.3) is 0 Å². The van der Waals surface area contributed by atoms with E-state index in [0.29, 0.717) is 6.42 Å². The van der Waals surface area contributed by atoms with Crippen LogP contribution in [0.4, 0.5) is 0 Å². The summed E-state index contributed by atoms with van der Waals surface area (Å²) in [5, 5.41) is 8.61. The number of aliphatic hydroxyl groups excluding tert-OH is 1. The Kier molecular flexibility index (Phi) is 2.44. The van der Waals surface area contributed by atoms with Crippen LogP contribution in [0, 0.1) is 0 Å². The molecule has 0 saturated carbocycles. The SMILES string of the molecule is COC1C/C(=C\O)C=CC1=O. The van der Waals surface area contributed by atoms with Gasteiger partial charge in [-0.1, -0.05) is 6.08 Å². The van der Waals surface area contributed by atoms with E-state index >= 15 is 0 Å². The van der Waals surface area contributed by atoms with Crippen LogP contribution in [-0.2, 0) is 9.53 Å². The van der Waals surface area contributed by atoms with E-state index in [1.54, 1.807) is 6.08 Å². The van der Waals surface area contributed by atoms with Gasteiger partial charge in [0, 0.05) is 13.5 Å². The highest BCUT2D eigenvalue weighted by Crippen LogP contribution is 2.15. The van der Waals surface area contributed by atoms with E-state index in [0.717, 1.165) is 11.8 Å². The van der Waals surface area contributed by atoms with Crippen LogP contribution in [0.3, 0.4) is 0 Å². The number of aliphatic hydroxyl groups is 1. The standard InChI is InChI=1S/C8H10O3/c1-11-8-4-6(5-9)2-3-7(8)10/h2-3,5,8-9H,4H2,1H3/b6-5-. The van der Waals surface area contributed by atoms with Crippen molar-refractivity contribution in [1.82, 2.24) is 0 Å². The molecule has 0 saturated heterocycles. The lowest BCUT2D eigenvalue weighted by molar-refractivity contribution is -0.124. The van der Waals surface area contributed by atoms with Crippen molar-refractivity contribution in [3.63, 3.8) is 0 Å². The summed E-state index contributed by atoms with van der Waals surface area (Å²) >= 11 is 0. The van der Waals surface area contributed by atoms with Crippen molar-refractivity contribution in [2.24, 2.45) is 0 Å². The summed E-state index contributed by atoms with van der Waals surface area (Å²) in [6.45, 7) is 0. The molecule has 11 heavy (non-hydrogen) atoms. The number of rotatable bonds is 1. The molecule has 0 fully saturated rings. The summed E-state index contributed by atoms with van der Waals surface area (Å²) in [5.41, 5.74) is 0.719. The summed E-state index contributed by atoms with van der Waals surface area (Å²) in [4.78, 5) is 11.0. The Hall–Kier alpha value is -1.09. The Morgan fingerprint density at radius 1 is 1.73 bits per heavy atom. The first-order valence-corrected chi connectivity index (χ1v) is 3.36. The normalized spacial score (nSPS) is 27.9. The highest BCUT2D eigenvalue weighted by molar-refractivity contribution is 5.95. The van der Waals surface area contributed by atoms with Crippen molar-refractivity contribution in [3.05, 3.63) is 24.0 Å². The maximum Gasteiger partial charge on any atom is 0.184 e. The van der Waals surface area contributed by atoms with Crippen LogP contribution in [-0.4, -0.2) is 24.1 Å². The van der Waals surface area contributed by atoms with Gasteiger partial charge in [-0.3, -0.25) is 4.79 Å². The van der Waals surface area contributed by atoms with E-state index in [1.807, 2.05) is 0 Å². The smallest absolute Gasteiger partial charge is 0.184 e. The lowest BCUT2D eigenvalue weighted by atomic mass is 9.99. The molecular formula is C8H10O3. The Bertz CT molecular complexity index is 215. The molecule has 0 aromatic carbocycles. The lowest BCUT2D eigenvalue weighted by Gasteiger charge is -2.15. The van der Waals surface area contributed by atoms with Crippen molar-refractivity contribution in [2.45, 2.75) is 12.5 Å². The van der Waals surface area contributed by atoms with Crippen molar-refractivity contribution in [3.8, 4) is 0 Å². The first-order valence-electron chi connectivity index (χ1n) is 3.36. The third kappa shape index (κ3) is 1.68. The molecule has 0 radical (unpaired) electrons. The maximum atomic E-state index is 11.0. The fourth-order valence-corrected chi connectivity index (χ4v) is 0.974. The number of hydrogen-bond acceptors (Lipinski definition) is 3. The third-order valence-electron chi connectivity index (χ3n) is 1.65. The van der Waals surface area contributed by atoms with Crippen LogP contribution < -0.4 is 0 Å². The summed E-state index contributed by atoms with van der Waals surface area (Å²) < 4.78 is 4.88. The van der Waals surface area contributed by atoms with Gasteiger partial charge < -0.3 is 9.84 Å². The number of methoxy groups -OCH3 is 1. The van der Waals surface area contributed by atoms with Crippen molar-refractivity contribution in [1.29, 1.82) is 0 Å². The Morgan fingerprint density at radius 2 is 2.45 bits per heavy atom. The highest BCUT2D eigenvalue weighted by Gasteiger charge is 2.19. The minimum absolute atomic E-state index is 0.0434. The lowest BCUT2D eigenvalue weighted by Crippen LogP contribution is -2.24. The first kappa shape index (κ1) is 8.01. The molecule has 0 spiro atoms. The van der Waals surface area contributed by atoms with Crippen LogP contribution in [0.25, 0.3) is 0 Å². The minimum atomic E-state index is -0.418. The molecule has 3 heteroatoms. The zero-order chi connectivity index (χ0) is 8.27. The van der Waals surface area contributed by atoms with E-state index in [1.165, 1.54) is 13.2 Å². The summed E-state index contributed by atoms with van der Waals surface area (Å²) in [7, 11) is 1.48. The number of ketones is 1. The van der Waals surface area contributed by atoms with Gasteiger partial charge in [-0.2, -0.15) is 0 Å². The molecule has 0 aromatic heterocycles. The average Bonchev–Trinajstić information content (AvgIpc) is 2.05. The predicted octanol–water partition coefficient (Wildman–Crippen LogP) is 0.972. The fraction of sp³-hybridized carbons (Fsp3) is 0.375. The molecule has 60 valence electrons. The monoisotopic (exact) mass is 154 g/mol. The summed E-state index contributed by atoms with van der Waals surface area (Å²) in [6.07, 6.45) is 4.05. The summed E-state index contributed by atoms with van der Waals surface area (Å²) in [5.74, 6) is -0.0434. The molecule has 0 aromatic rings. The molecule has 0 amide bonds. The molecule has 3 nitrogen and oxygen atoms in total. The van der Waals surface area contributed by atoms with E-state index in [-0.39, 0.29) is 5.78 Å². The Morgan fingerprint density at radius 3 is 3.00 bits per heavy atom. The average molecular weight is 154 g/mol. The molecule has 0 aliphatic heterocycles. The molecule has 0 heterocycles. The topological polar surface area (TPSA) is 46.5 Å². The van der Waals surface area contributed by atoms with E-state index in [4.69, 9.17) is 9.84 Å². The zero-order valence-corrected chi connectivity index (χ0v) is 6.28. The molecule has 0 bridgehead atoms. The Balaban J connectivity index is 2.75. The van der Waals surface area contributed by atoms with E-state index < -0.39 is 6.10 Å². The van der Waals surface area contributed by atoms with Gasteiger partial charge in [-0.15, -0.1) is 0 Å². The molecule has 1 unspecified atom stereocenters. The van der Waals surface area contributed by atoms with Gasteiger partial charge in [-0.05, 0) is 11.6 Å². The van der Waals surface area contributed by atoms with Crippen molar-refractivity contribution >= 4 is 5.78 Å². The number of carbonyl (C=O) groups is 1. The number of carbonyl (C=O) groups excluding carboxylic acids is 1. The van der Waals surface area contributed by atoms with Gasteiger partial charge in [0.2, 0.25) is 0 Å².